The molecule has 2 heterocycles. The molecule has 2 nitrogen and oxygen atoms in total. The van der Waals surface area contributed by atoms with E-state index in [9.17, 15) is 13.2 Å². The van der Waals surface area contributed by atoms with Crippen LogP contribution < -0.4 is 0 Å². The van der Waals surface area contributed by atoms with E-state index >= 15 is 0 Å². The van der Waals surface area contributed by atoms with Gasteiger partial charge in [-0.15, -0.1) is 0 Å². The zero-order chi connectivity index (χ0) is 16.4. The Hall–Kier alpha value is -2.27. The topological polar surface area (TPSA) is 17.8 Å². The van der Waals surface area contributed by atoms with E-state index in [1.807, 2.05) is 24.3 Å². The molecule has 0 saturated carbocycles. The van der Waals surface area contributed by atoms with E-state index in [0.717, 1.165) is 23.0 Å². The highest BCUT2D eigenvalue weighted by Gasteiger charge is 2.31. The number of fused-ring (bicyclic) bond motifs is 4. The number of hydrogen-bond donors (Lipinski definition) is 0. The molecular weight excluding hydrogens is 325 g/mol. The monoisotopic (exact) mass is 334 g/mol. The molecule has 116 valence electrons. The van der Waals surface area contributed by atoms with Gasteiger partial charge < -0.3 is 4.57 Å². The third kappa shape index (κ3) is 2.00. The number of pyridine rings is 1. The van der Waals surface area contributed by atoms with Crippen molar-refractivity contribution >= 4 is 33.4 Å². The van der Waals surface area contributed by atoms with Crippen molar-refractivity contribution < 1.29 is 13.2 Å². The first kappa shape index (κ1) is 14.3. The zero-order valence-corrected chi connectivity index (χ0v) is 12.7. The van der Waals surface area contributed by atoms with Gasteiger partial charge in [-0.1, -0.05) is 29.8 Å². The second-order valence-corrected chi connectivity index (χ2v) is 5.81. The second-order valence-electron chi connectivity index (χ2n) is 5.43. The average Bonchev–Trinajstić information content (AvgIpc) is 2.91. The molecule has 0 amide bonds. The van der Waals surface area contributed by atoms with Crippen molar-refractivity contribution in [3.8, 4) is 11.4 Å². The normalized spacial score (nSPS) is 12.6. The van der Waals surface area contributed by atoms with Crippen molar-refractivity contribution in [1.82, 2.24) is 9.55 Å². The summed E-state index contributed by atoms with van der Waals surface area (Å²) in [7, 11) is 1.78. The van der Waals surface area contributed by atoms with Crippen LogP contribution in [0.15, 0.2) is 42.5 Å². The minimum Gasteiger partial charge on any atom is -0.328 e. The fourth-order valence-corrected chi connectivity index (χ4v) is 3.30. The fourth-order valence-electron chi connectivity index (χ4n) is 2.96. The molecule has 4 rings (SSSR count). The molecule has 2 aliphatic rings. The summed E-state index contributed by atoms with van der Waals surface area (Å²) < 4.78 is 40.8. The highest BCUT2D eigenvalue weighted by Crippen LogP contribution is 2.42. The number of aryl methyl sites for hydroxylation is 1. The number of alkyl halides is 3. The minimum absolute atomic E-state index is 0.299. The molecule has 0 unspecified atom stereocenters. The van der Waals surface area contributed by atoms with Crippen molar-refractivity contribution in [2.75, 3.05) is 0 Å². The number of halogens is 4. The van der Waals surface area contributed by atoms with Crippen molar-refractivity contribution in [2.45, 2.75) is 6.18 Å². The smallest absolute Gasteiger partial charge is 0.328 e. The van der Waals surface area contributed by atoms with Gasteiger partial charge in [0.25, 0.3) is 0 Å². The number of benzene rings is 2. The van der Waals surface area contributed by atoms with Crippen LogP contribution >= 0.6 is 11.6 Å². The largest absolute Gasteiger partial charge is 0.416 e. The Morgan fingerprint density at radius 1 is 1.04 bits per heavy atom. The highest BCUT2D eigenvalue weighted by atomic mass is 35.5. The highest BCUT2D eigenvalue weighted by molar-refractivity contribution is 6.39. The van der Waals surface area contributed by atoms with Crippen LogP contribution in [0.2, 0.25) is 5.02 Å². The van der Waals surface area contributed by atoms with Gasteiger partial charge >= 0.3 is 6.18 Å². The van der Waals surface area contributed by atoms with Crippen LogP contribution in [0, 0.1) is 0 Å². The van der Waals surface area contributed by atoms with E-state index in [1.54, 1.807) is 11.6 Å². The first-order chi connectivity index (χ1) is 10.9. The third-order valence-electron chi connectivity index (χ3n) is 4.08. The molecule has 0 aromatic heterocycles. The van der Waals surface area contributed by atoms with E-state index in [0.29, 0.717) is 27.3 Å². The molecule has 0 aliphatic carbocycles. The number of hydrogen-bond acceptors (Lipinski definition) is 1. The second kappa shape index (κ2) is 4.61. The van der Waals surface area contributed by atoms with Gasteiger partial charge in [0.05, 0.1) is 21.6 Å². The Labute approximate surface area is 134 Å². The Balaban J connectivity index is 2.20. The van der Waals surface area contributed by atoms with Crippen LogP contribution in [0.1, 0.15) is 5.56 Å². The first-order valence-corrected chi connectivity index (χ1v) is 7.29. The van der Waals surface area contributed by atoms with Crippen LogP contribution in [0.3, 0.4) is 0 Å². The quantitative estimate of drug-likeness (QED) is 0.415. The summed E-state index contributed by atoms with van der Waals surface area (Å²) >= 11 is 6.47. The summed E-state index contributed by atoms with van der Waals surface area (Å²) in [5, 5.41) is 1.50. The van der Waals surface area contributed by atoms with Gasteiger partial charge in [-0.05, 0) is 24.3 Å². The fraction of sp³-hybridized carbons (Fsp3) is 0.118. The van der Waals surface area contributed by atoms with Crippen molar-refractivity contribution in [1.29, 1.82) is 0 Å². The van der Waals surface area contributed by atoms with E-state index in [4.69, 9.17) is 11.6 Å². The molecule has 2 aromatic carbocycles. The summed E-state index contributed by atoms with van der Waals surface area (Å²) in [6.45, 7) is 0. The Morgan fingerprint density at radius 2 is 1.78 bits per heavy atom. The van der Waals surface area contributed by atoms with E-state index < -0.39 is 11.7 Å². The molecule has 0 fully saturated rings. The predicted octanol–water partition coefficient (Wildman–Crippen LogP) is 5.50. The van der Waals surface area contributed by atoms with Crippen LogP contribution in [0.25, 0.3) is 33.2 Å². The average molecular weight is 335 g/mol. The standard InChI is InChI=1S/C17H10ClF3N2/c1-23-13-7-6-9(17(19,20)21)8-11(13)15(18)14-10-4-2-3-5-12(10)22-16(14)23/h2-8H,1H3. The maximum absolute atomic E-state index is 13.0. The van der Waals surface area contributed by atoms with E-state index in [-0.39, 0.29) is 0 Å². The summed E-state index contributed by atoms with van der Waals surface area (Å²) in [4.78, 5) is 4.55. The molecule has 0 bridgehead atoms. The lowest BCUT2D eigenvalue weighted by Gasteiger charge is -2.16. The maximum atomic E-state index is 13.0. The number of para-hydroxylation sites is 1. The summed E-state index contributed by atoms with van der Waals surface area (Å²) in [6, 6.07) is 11.0. The summed E-state index contributed by atoms with van der Waals surface area (Å²) in [6.07, 6.45) is -4.41. The van der Waals surface area contributed by atoms with E-state index in [1.165, 1.54) is 6.07 Å². The molecule has 23 heavy (non-hydrogen) atoms. The van der Waals surface area contributed by atoms with Crippen LogP contribution in [-0.2, 0) is 13.2 Å². The van der Waals surface area contributed by atoms with Gasteiger partial charge in [0.2, 0.25) is 0 Å². The summed E-state index contributed by atoms with van der Waals surface area (Å²) in [5.74, 6) is 0.656. The van der Waals surface area contributed by atoms with Gasteiger partial charge in [-0.3, -0.25) is 0 Å². The molecule has 0 spiro atoms. The van der Waals surface area contributed by atoms with Crippen LogP contribution in [-0.4, -0.2) is 9.55 Å². The van der Waals surface area contributed by atoms with Crippen LogP contribution in [0.5, 0.6) is 0 Å². The zero-order valence-electron chi connectivity index (χ0n) is 11.9. The lowest BCUT2D eigenvalue weighted by molar-refractivity contribution is -0.137. The molecule has 0 radical (unpaired) electrons. The number of nitrogens with zero attached hydrogens (tertiary/aromatic N) is 2. The van der Waals surface area contributed by atoms with Gasteiger partial charge in [0, 0.05) is 23.4 Å². The predicted molar refractivity (Wildman–Crippen MR) is 84.9 cm³/mol. The summed E-state index contributed by atoms with van der Waals surface area (Å²) in [5.41, 5.74) is 1.34. The third-order valence-corrected chi connectivity index (χ3v) is 4.47. The minimum atomic E-state index is -4.41. The molecule has 0 N–H and O–H groups in total. The molecular formula is C17H10ClF3N2. The van der Waals surface area contributed by atoms with Gasteiger partial charge in [0.1, 0.15) is 5.82 Å². The lowest BCUT2D eigenvalue weighted by atomic mass is 10.0. The van der Waals surface area contributed by atoms with Gasteiger partial charge in [-0.25, -0.2) is 4.98 Å². The first-order valence-electron chi connectivity index (χ1n) is 6.91. The molecule has 6 heteroatoms. The van der Waals surface area contributed by atoms with Crippen molar-refractivity contribution in [3.63, 3.8) is 0 Å². The molecule has 2 aliphatic heterocycles. The SMILES string of the molecule is Cn1c2nc3ccccc3c-2c(Cl)c2cc(C(F)(F)F)ccc21. The molecule has 2 aromatic rings. The molecule has 0 saturated heterocycles. The number of rotatable bonds is 0. The van der Waals surface area contributed by atoms with Crippen molar-refractivity contribution in [2.24, 2.45) is 7.05 Å². The van der Waals surface area contributed by atoms with Crippen LogP contribution in [0.4, 0.5) is 13.2 Å². The Morgan fingerprint density at radius 3 is 2.52 bits per heavy atom. The Bertz CT molecular complexity index is 1030. The van der Waals surface area contributed by atoms with Crippen molar-refractivity contribution in [3.05, 3.63) is 53.1 Å². The number of aromatic nitrogens is 2. The maximum Gasteiger partial charge on any atom is 0.416 e. The lowest BCUT2D eigenvalue weighted by Crippen LogP contribution is -2.06. The van der Waals surface area contributed by atoms with Gasteiger partial charge in [-0.2, -0.15) is 13.2 Å². The van der Waals surface area contributed by atoms with Gasteiger partial charge in [0.15, 0.2) is 0 Å². The Kier molecular flexibility index (Phi) is 2.87. The van der Waals surface area contributed by atoms with E-state index in [2.05, 4.69) is 4.98 Å². The molecule has 0 atom stereocenters.